The second kappa shape index (κ2) is 9.58. The lowest BCUT2D eigenvalue weighted by Gasteiger charge is -2.30. The average Bonchev–Trinajstić information content (AvgIpc) is 3.61. The van der Waals surface area contributed by atoms with Crippen LogP contribution in [0.4, 0.5) is 5.82 Å². The van der Waals surface area contributed by atoms with Crippen LogP contribution in [0.15, 0.2) is 60.4 Å². The first kappa shape index (κ1) is 24.5. The van der Waals surface area contributed by atoms with Crippen molar-refractivity contribution in [2.24, 2.45) is 10.9 Å². The normalized spacial score (nSPS) is 16.0. The Bertz CT molecular complexity index is 1210. The summed E-state index contributed by atoms with van der Waals surface area (Å²) in [5.74, 6) is 1.57. The molecule has 0 radical (unpaired) electrons. The first-order valence-corrected chi connectivity index (χ1v) is 11.7. The van der Waals surface area contributed by atoms with Gasteiger partial charge in [0.25, 0.3) is 0 Å². The minimum Gasteiger partial charge on any atom is -0.480 e. The number of methoxy groups -OCH3 is 1. The highest BCUT2D eigenvalue weighted by molar-refractivity contribution is 5.94. The number of ether oxygens (including phenoxy) is 1. The zero-order valence-electron chi connectivity index (χ0n) is 21.0. The van der Waals surface area contributed by atoms with Crippen molar-refractivity contribution in [3.05, 3.63) is 66.5 Å². The van der Waals surface area contributed by atoms with Gasteiger partial charge >= 0.3 is 0 Å². The van der Waals surface area contributed by atoms with Crippen LogP contribution in [-0.2, 0) is 16.7 Å². The van der Waals surface area contributed by atoms with Crippen molar-refractivity contribution in [1.82, 2.24) is 24.7 Å². The Labute approximate surface area is 206 Å². The van der Waals surface area contributed by atoms with Gasteiger partial charge in [-0.25, -0.2) is 15.0 Å². The Hall–Kier alpha value is -3.59. The summed E-state index contributed by atoms with van der Waals surface area (Å²) in [6.07, 6.45) is 11.0. The molecule has 3 aromatic heterocycles. The van der Waals surface area contributed by atoms with Gasteiger partial charge in [-0.1, -0.05) is 12.6 Å². The lowest BCUT2D eigenvalue weighted by atomic mass is 9.76. The third-order valence-electron chi connectivity index (χ3n) is 6.39. The Morgan fingerprint density at radius 2 is 1.89 bits per heavy atom. The van der Waals surface area contributed by atoms with E-state index in [1.807, 2.05) is 25.5 Å². The number of hydrogen-bond acceptors (Lipinski definition) is 8. The maximum atomic E-state index is 10.1. The van der Waals surface area contributed by atoms with Gasteiger partial charge < -0.3 is 15.2 Å². The molecule has 4 rings (SSSR count). The van der Waals surface area contributed by atoms with Crippen molar-refractivity contribution < 1.29 is 9.84 Å². The van der Waals surface area contributed by atoms with Crippen LogP contribution in [0.1, 0.15) is 44.7 Å². The van der Waals surface area contributed by atoms with Gasteiger partial charge in [-0.05, 0) is 51.2 Å². The monoisotopic (exact) mass is 475 g/mol. The molecule has 1 unspecified atom stereocenters. The Morgan fingerprint density at radius 3 is 2.43 bits per heavy atom. The topological polar surface area (TPSA) is 110 Å². The van der Waals surface area contributed by atoms with E-state index in [0.717, 1.165) is 29.7 Å². The number of aromatic nitrogens is 5. The van der Waals surface area contributed by atoms with Gasteiger partial charge in [0, 0.05) is 30.6 Å². The van der Waals surface area contributed by atoms with Crippen LogP contribution < -0.4 is 5.32 Å². The molecule has 1 aliphatic rings. The molecular formula is C26H33N7O2. The molecule has 1 aliphatic carbocycles. The van der Waals surface area contributed by atoms with Crippen molar-refractivity contribution in [3.63, 3.8) is 0 Å². The molecule has 1 atom stereocenters. The number of aliphatic hydroxyl groups is 1. The van der Waals surface area contributed by atoms with Crippen LogP contribution in [0, 0.1) is 5.92 Å². The smallest absolute Gasteiger partial charge is 0.223 e. The van der Waals surface area contributed by atoms with E-state index in [-0.39, 0.29) is 5.41 Å². The number of rotatable bonds is 9. The van der Waals surface area contributed by atoms with Crippen LogP contribution in [0.3, 0.4) is 0 Å². The lowest BCUT2D eigenvalue weighted by Crippen LogP contribution is -2.27. The zero-order valence-corrected chi connectivity index (χ0v) is 21.0. The number of anilines is 1. The quantitative estimate of drug-likeness (QED) is 0.357. The fraction of sp³-hybridized carbons (Fsp3) is 0.423. The van der Waals surface area contributed by atoms with Crippen LogP contribution >= 0.6 is 0 Å². The highest BCUT2D eigenvalue weighted by Gasteiger charge is 2.45. The average molecular weight is 476 g/mol. The summed E-state index contributed by atoms with van der Waals surface area (Å²) in [7, 11) is 3.40. The molecule has 1 fully saturated rings. The van der Waals surface area contributed by atoms with E-state index in [0.29, 0.717) is 35.6 Å². The van der Waals surface area contributed by atoms with E-state index in [4.69, 9.17) is 9.73 Å². The fourth-order valence-corrected chi connectivity index (χ4v) is 4.16. The zero-order chi connectivity index (χ0) is 25.2. The predicted molar refractivity (Wildman–Crippen MR) is 136 cm³/mol. The highest BCUT2D eigenvalue weighted by Crippen LogP contribution is 2.51. The summed E-state index contributed by atoms with van der Waals surface area (Å²) >= 11 is 0. The molecule has 3 aromatic rings. The first-order chi connectivity index (χ1) is 16.6. The maximum absolute atomic E-state index is 10.1. The number of nitrogens with one attached hydrogen (secondary N) is 1. The third kappa shape index (κ3) is 5.40. The molecule has 184 valence electrons. The molecule has 1 saturated carbocycles. The fourth-order valence-electron chi connectivity index (χ4n) is 4.16. The molecule has 9 nitrogen and oxygen atoms in total. The molecule has 0 spiro atoms. The van der Waals surface area contributed by atoms with Crippen molar-refractivity contribution in [1.29, 1.82) is 0 Å². The number of aliphatic imine (C=N–C) groups is 1. The second-order valence-corrected chi connectivity index (χ2v) is 9.75. The summed E-state index contributed by atoms with van der Waals surface area (Å²) in [4.78, 5) is 18.2. The van der Waals surface area contributed by atoms with Crippen molar-refractivity contribution in [2.75, 3.05) is 19.5 Å². The standard InChI is InChI=1S/C26H33N7O2/c1-17(32-24(35-6)18-11-31-33(15-18)16-25(2,3)34)26(4,19-7-8-19)20-9-10-21(28-12-20)22-13-30-23(27-5)14-29-22/h9-15,19,34H,1,7-8,16H2,2-6H3,(H,27,30)/b32-24-. The van der Waals surface area contributed by atoms with Crippen LogP contribution in [0.5, 0.6) is 0 Å². The summed E-state index contributed by atoms with van der Waals surface area (Å²) in [5.41, 5.74) is 2.69. The summed E-state index contributed by atoms with van der Waals surface area (Å²) < 4.78 is 7.30. The van der Waals surface area contributed by atoms with E-state index in [9.17, 15) is 5.11 Å². The Morgan fingerprint density at radius 1 is 1.14 bits per heavy atom. The number of nitrogens with zero attached hydrogens (tertiary/aromatic N) is 6. The maximum Gasteiger partial charge on any atom is 0.223 e. The van der Waals surface area contributed by atoms with E-state index in [1.54, 1.807) is 44.2 Å². The van der Waals surface area contributed by atoms with Crippen LogP contribution in [0.25, 0.3) is 11.4 Å². The predicted octanol–water partition coefficient (Wildman–Crippen LogP) is 3.82. The van der Waals surface area contributed by atoms with Crippen LogP contribution in [-0.4, -0.2) is 55.5 Å². The van der Waals surface area contributed by atoms with E-state index >= 15 is 0 Å². The summed E-state index contributed by atoms with van der Waals surface area (Å²) in [6, 6.07) is 4.04. The van der Waals surface area contributed by atoms with Crippen LogP contribution in [0.2, 0.25) is 0 Å². The second-order valence-electron chi connectivity index (χ2n) is 9.75. The van der Waals surface area contributed by atoms with Gasteiger partial charge in [0.15, 0.2) is 0 Å². The SMILES string of the molecule is C=C(/N=C(\OC)c1cnn(CC(C)(C)O)c1)C(C)(c1ccc(-c2cnc(NC)cn2)nc1)C1CC1. The van der Waals surface area contributed by atoms with Crippen molar-refractivity contribution in [2.45, 2.75) is 51.2 Å². The molecule has 2 N–H and O–H groups in total. The van der Waals surface area contributed by atoms with Gasteiger partial charge in [-0.3, -0.25) is 9.67 Å². The van der Waals surface area contributed by atoms with Gasteiger partial charge in [0.2, 0.25) is 5.90 Å². The number of hydrogen-bond donors (Lipinski definition) is 2. The molecule has 35 heavy (non-hydrogen) atoms. The summed E-state index contributed by atoms with van der Waals surface area (Å²) in [5, 5.41) is 17.4. The largest absolute Gasteiger partial charge is 0.480 e. The van der Waals surface area contributed by atoms with Gasteiger partial charge in [-0.2, -0.15) is 5.10 Å². The lowest BCUT2D eigenvalue weighted by molar-refractivity contribution is 0.0577. The molecular weight excluding hydrogens is 442 g/mol. The first-order valence-electron chi connectivity index (χ1n) is 11.7. The molecule has 0 amide bonds. The molecule has 9 heteroatoms. The molecule has 0 aromatic carbocycles. The highest BCUT2D eigenvalue weighted by atomic mass is 16.5. The minimum atomic E-state index is -0.874. The van der Waals surface area contributed by atoms with Gasteiger partial charge in [0.1, 0.15) is 11.5 Å². The molecule has 0 aliphatic heterocycles. The Balaban J connectivity index is 1.60. The Kier molecular flexibility index (Phi) is 6.71. The molecule has 3 heterocycles. The summed E-state index contributed by atoms with van der Waals surface area (Å²) in [6.45, 7) is 10.4. The van der Waals surface area contributed by atoms with Gasteiger partial charge in [-0.15, -0.1) is 0 Å². The minimum absolute atomic E-state index is 0.366. The molecule has 0 bridgehead atoms. The third-order valence-corrected chi connectivity index (χ3v) is 6.39. The van der Waals surface area contributed by atoms with Crippen molar-refractivity contribution in [3.8, 4) is 11.4 Å². The molecule has 0 saturated heterocycles. The number of pyridine rings is 1. The number of allylic oxidation sites excluding steroid dienone is 1. The van der Waals surface area contributed by atoms with E-state index in [2.05, 4.69) is 44.9 Å². The van der Waals surface area contributed by atoms with E-state index < -0.39 is 5.60 Å². The van der Waals surface area contributed by atoms with E-state index in [1.165, 1.54) is 0 Å². The van der Waals surface area contributed by atoms with Gasteiger partial charge in [0.05, 0.1) is 49.1 Å². The van der Waals surface area contributed by atoms with Crippen molar-refractivity contribution >= 4 is 11.7 Å².